The Bertz CT molecular complexity index is 679. The van der Waals surface area contributed by atoms with E-state index in [1.165, 1.54) is 16.7 Å². The van der Waals surface area contributed by atoms with Gasteiger partial charge in [-0.2, -0.15) is 0 Å². The van der Waals surface area contributed by atoms with Gasteiger partial charge in [0.15, 0.2) is 0 Å². The van der Waals surface area contributed by atoms with Crippen LogP contribution >= 0.6 is 15.9 Å². The van der Waals surface area contributed by atoms with Gasteiger partial charge in [0.2, 0.25) is 0 Å². The summed E-state index contributed by atoms with van der Waals surface area (Å²) in [7, 11) is 1.84. The molecule has 0 aliphatic heterocycles. The zero-order chi connectivity index (χ0) is 15.6. The molecule has 0 spiro atoms. The van der Waals surface area contributed by atoms with E-state index in [0.717, 1.165) is 10.0 Å². The summed E-state index contributed by atoms with van der Waals surface area (Å²) < 4.78 is 0.838. The van der Waals surface area contributed by atoms with Gasteiger partial charge >= 0.3 is 0 Å². The molecule has 110 valence electrons. The molecule has 1 amide bonds. The maximum Gasteiger partial charge on any atom is 0.255 e. The first kappa shape index (κ1) is 15.8. The fourth-order valence-electron chi connectivity index (χ4n) is 2.36. The predicted octanol–water partition coefficient (Wildman–Crippen LogP) is 4.65. The molecule has 0 bridgehead atoms. The molecule has 0 radical (unpaired) electrons. The summed E-state index contributed by atoms with van der Waals surface area (Å²) >= 11 is 3.46. The van der Waals surface area contributed by atoms with Crippen LogP contribution in [-0.4, -0.2) is 17.9 Å². The minimum Gasteiger partial charge on any atom is -0.337 e. The molecule has 21 heavy (non-hydrogen) atoms. The summed E-state index contributed by atoms with van der Waals surface area (Å²) in [4.78, 5) is 14.4. The molecular formula is C18H20BrNO. The number of halogens is 1. The van der Waals surface area contributed by atoms with Gasteiger partial charge in [0.1, 0.15) is 0 Å². The van der Waals surface area contributed by atoms with Crippen LogP contribution in [0.2, 0.25) is 0 Å². The van der Waals surface area contributed by atoms with Crippen LogP contribution in [0.3, 0.4) is 0 Å². The molecule has 2 rings (SSSR count). The maximum atomic E-state index is 12.6. The van der Waals surface area contributed by atoms with Crippen molar-refractivity contribution in [1.29, 1.82) is 0 Å². The Balaban J connectivity index is 2.21. The number of carbonyl (C=O) groups is 1. The van der Waals surface area contributed by atoms with Crippen molar-refractivity contribution >= 4 is 21.8 Å². The second-order valence-corrected chi connectivity index (χ2v) is 6.43. The van der Waals surface area contributed by atoms with E-state index in [4.69, 9.17) is 0 Å². The molecule has 2 nitrogen and oxygen atoms in total. The first-order valence-electron chi connectivity index (χ1n) is 6.96. The van der Waals surface area contributed by atoms with E-state index in [0.29, 0.717) is 12.1 Å². The van der Waals surface area contributed by atoms with Gasteiger partial charge in [0, 0.05) is 18.1 Å². The smallest absolute Gasteiger partial charge is 0.255 e. The quantitative estimate of drug-likeness (QED) is 0.792. The van der Waals surface area contributed by atoms with Crippen LogP contribution < -0.4 is 0 Å². The number of hydrogen-bond acceptors (Lipinski definition) is 1. The van der Waals surface area contributed by atoms with Gasteiger partial charge in [-0.25, -0.2) is 0 Å². The first-order chi connectivity index (χ1) is 9.88. The van der Waals surface area contributed by atoms with E-state index >= 15 is 0 Å². The third-order valence-electron chi connectivity index (χ3n) is 3.60. The second kappa shape index (κ2) is 6.44. The van der Waals surface area contributed by atoms with Crippen molar-refractivity contribution in [3.05, 3.63) is 68.7 Å². The zero-order valence-corrected chi connectivity index (χ0v) is 14.5. The van der Waals surface area contributed by atoms with Crippen molar-refractivity contribution in [3.63, 3.8) is 0 Å². The average Bonchev–Trinajstić information content (AvgIpc) is 2.43. The van der Waals surface area contributed by atoms with Crippen LogP contribution in [0, 0.1) is 20.8 Å². The highest BCUT2D eigenvalue weighted by atomic mass is 79.9. The van der Waals surface area contributed by atoms with Crippen LogP contribution in [0.4, 0.5) is 0 Å². The van der Waals surface area contributed by atoms with E-state index in [2.05, 4.69) is 48.0 Å². The third kappa shape index (κ3) is 3.73. The highest BCUT2D eigenvalue weighted by Gasteiger charge is 2.16. The van der Waals surface area contributed by atoms with Gasteiger partial charge in [-0.15, -0.1) is 0 Å². The zero-order valence-electron chi connectivity index (χ0n) is 12.9. The number of nitrogens with zero attached hydrogens (tertiary/aromatic N) is 1. The number of aryl methyl sites for hydroxylation is 3. The minimum absolute atomic E-state index is 0.0329. The van der Waals surface area contributed by atoms with E-state index in [-0.39, 0.29) is 5.91 Å². The summed E-state index contributed by atoms with van der Waals surface area (Å²) in [6.07, 6.45) is 0. The van der Waals surface area contributed by atoms with E-state index in [9.17, 15) is 4.79 Å². The first-order valence-corrected chi connectivity index (χ1v) is 7.75. The van der Waals surface area contributed by atoms with Crippen molar-refractivity contribution in [2.75, 3.05) is 7.05 Å². The molecule has 0 aromatic heterocycles. The summed E-state index contributed by atoms with van der Waals surface area (Å²) in [5, 5.41) is 0. The van der Waals surface area contributed by atoms with E-state index < -0.39 is 0 Å². The summed E-state index contributed by atoms with van der Waals surface area (Å²) in [5.74, 6) is 0.0329. The van der Waals surface area contributed by atoms with Crippen molar-refractivity contribution in [3.8, 4) is 0 Å². The van der Waals surface area contributed by atoms with Crippen LogP contribution in [0.15, 0.2) is 40.9 Å². The molecule has 0 heterocycles. The normalized spacial score (nSPS) is 10.5. The Morgan fingerprint density at radius 3 is 2.33 bits per heavy atom. The molecule has 0 atom stereocenters. The maximum absolute atomic E-state index is 12.6. The Morgan fingerprint density at radius 2 is 1.67 bits per heavy atom. The molecule has 0 saturated heterocycles. The second-order valence-electron chi connectivity index (χ2n) is 5.57. The fourth-order valence-corrected chi connectivity index (χ4v) is 2.78. The van der Waals surface area contributed by atoms with Crippen molar-refractivity contribution in [2.45, 2.75) is 27.3 Å². The van der Waals surface area contributed by atoms with Gasteiger partial charge in [0.05, 0.1) is 5.56 Å². The highest BCUT2D eigenvalue weighted by molar-refractivity contribution is 9.10. The molecule has 0 N–H and O–H groups in total. The molecule has 2 aromatic carbocycles. The van der Waals surface area contributed by atoms with Crippen LogP contribution in [0.25, 0.3) is 0 Å². The third-order valence-corrected chi connectivity index (χ3v) is 4.30. The summed E-state index contributed by atoms with van der Waals surface area (Å²) in [5.41, 5.74) is 5.44. The molecule has 2 aromatic rings. The number of amides is 1. The van der Waals surface area contributed by atoms with Crippen molar-refractivity contribution < 1.29 is 4.79 Å². The lowest BCUT2D eigenvalue weighted by Crippen LogP contribution is -2.27. The summed E-state index contributed by atoms with van der Waals surface area (Å²) in [6.45, 7) is 6.78. The van der Waals surface area contributed by atoms with E-state index in [1.807, 2.05) is 32.2 Å². The van der Waals surface area contributed by atoms with Crippen LogP contribution in [0.5, 0.6) is 0 Å². The van der Waals surface area contributed by atoms with Gasteiger partial charge in [-0.3, -0.25) is 4.79 Å². The lowest BCUT2D eigenvalue weighted by molar-refractivity contribution is 0.0784. The SMILES string of the molecule is Cc1ccc(CN(C)C(=O)c2cc(C)ccc2Br)c(C)c1. The Kier molecular flexibility index (Phi) is 4.84. The molecular weight excluding hydrogens is 326 g/mol. The molecule has 0 fully saturated rings. The topological polar surface area (TPSA) is 20.3 Å². The molecule has 0 saturated carbocycles. The van der Waals surface area contributed by atoms with Crippen molar-refractivity contribution in [2.24, 2.45) is 0 Å². The Hall–Kier alpha value is -1.61. The lowest BCUT2D eigenvalue weighted by Gasteiger charge is -2.20. The van der Waals surface area contributed by atoms with Crippen LogP contribution in [-0.2, 0) is 6.54 Å². The van der Waals surface area contributed by atoms with Crippen LogP contribution in [0.1, 0.15) is 32.6 Å². The van der Waals surface area contributed by atoms with Gasteiger partial charge in [0.25, 0.3) is 5.91 Å². The van der Waals surface area contributed by atoms with E-state index in [1.54, 1.807) is 4.90 Å². The lowest BCUT2D eigenvalue weighted by atomic mass is 10.0. The molecule has 0 aliphatic rings. The Morgan fingerprint density at radius 1 is 1.05 bits per heavy atom. The number of carbonyl (C=O) groups excluding carboxylic acids is 1. The minimum atomic E-state index is 0.0329. The number of rotatable bonds is 3. The fraction of sp³-hybridized carbons (Fsp3) is 0.278. The molecule has 0 unspecified atom stereocenters. The standard InChI is InChI=1S/C18H20BrNO/c1-12-5-7-15(14(3)9-12)11-20(4)18(21)16-10-13(2)6-8-17(16)19/h5-10H,11H2,1-4H3. The number of benzene rings is 2. The van der Waals surface area contributed by atoms with Gasteiger partial charge in [-0.05, 0) is 60.0 Å². The predicted molar refractivity (Wildman–Crippen MR) is 90.6 cm³/mol. The van der Waals surface area contributed by atoms with Gasteiger partial charge in [-0.1, -0.05) is 35.4 Å². The highest BCUT2D eigenvalue weighted by Crippen LogP contribution is 2.21. The van der Waals surface area contributed by atoms with Gasteiger partial charge < -0.3 is 4.90 Å². The average molecular weight is 346 g/mol. The summed E-state index contributed by atoms with van der Waals surface area (Å²) in [6, 6.07) is 12.2. The number of hydrogen-bond donors (Lipinski definition) is 0. The largest absolute Gasteiger partial charge is 0.337 e. The molecule has 3 heteroatoms. The molecule has 0 aliphatic carbocycles. The Labute approximate surface area is 134 Å². The monoisotopic (exact) mass is 345 g/mol. The van der Waals surface area contributed by atoms with Crippen molar-refractivity contribution in [1.82, 2.24) is 4.90 Å².